The maximum atomic E-state index is 12.1. The number of benzene rings is 1. The Kier molecular flexibility index (Phi) is 3.71. The van der Waals surface area contributed by atoms with Crippen molar-refractivity contribution in [2.45, 2.75) is 19.3 Å². The molecule has 0 unspecified atom stereocenters. The van der Waals surface area contributed by atoms with Crippen LogP contribution in [0.2, 0.25) is 0 Å². The molecule has 20 heavy (non-hydrogen) atoms. The van der Waals surface area contributed by atoms with E-state index in [1.54, 1.807) is 0 Å². The number of carbonyl (C=O) groups excluding carboxylic acids is 1. The summed E-state index contributed by atoms with van der Waals surface area (Å²) < 4.78 is 42.2. The van der Waals surface area contributed by atoms with E-state index in [4.69, 9.17) is 11.1 Å². The van der Waals surface area contributed by atoms with Crippen LogP contribution in [0.1, 0.15) is 6.42 Å². The van der Waals surface area contributed by atoms with Crippen LogP contribution in [0.4, 0.5) is 13.2 Å². The first-order chi connectivity index (χ1) is 9.26. The molecule has 0 aliphatic rings. The van der Waals surface area contributed by atoms with Crippen LogP contribution in [0.15, 0.2) is 18.2 Å². The molecule has 0 saturated heterocycles. The van der Waals surface area contributed by atoms with E-state index in [2.05, 4.69) is 4.74 Å². The number of nitrogens with one attached hydrogen (secondary N) is 1. The van der Waals surface area contributed by atoms with E-state index in [9.17, 15) is 18.0 Å². The summed E-state index contributed by atoms with van der Waals surface area (Å²) in [5.74, 6) is -0.846. The van der Waals surface area contributed by atoms with Gasteiger partial charge in [-0.05, 0) is 18.2 Å². The lowest BCUT2D eigenvalue weighted by Gasteiger charge is -2.08. The zero-order valence-electron chi connectivity index (χ0n) is 10.0. The van der Waals surface area contributed by atoms with Crippen molar-refractivity contribution in [1.82, 2.24) is 4.57 Å². The molecule has 2 aromatic rings. The molecule has 0 bridgehead atoms. The van der Waals surface area contributed by atoms with Gasteiger partial charge in [-0.15, -0.1) is 13.2 Å². The maximum Gasteiger partial charge on any atom is 0.573 e. The van der Waals surface area contributed by atoms with Crippen LogP contribution in [0, 0.1) is 5.41 Å². The second-order valence-corrected chi connectivity index (χ2v) is 4.98. The van der Waals surface area contributed by atoms with E-state index in [0.29, 0.717) is 10.2 Å². The molecule has 1 amide bonds. The lowest BCUT2D eigenvalue weighted by atomic mass is 10.3. The third kappa shape index (κ3) is 3.29. The van der Waals surface area contributed by atoms with Gasteiger partial charge in [0, 0.05) is 13.0 Å². The standard InChI is InChI=1S/C11H10F3N3O2S/c12-11(13,14)19-6-1-2-7-8(5-6)20-10(16)17(7)4-3-9(15)18/h1-2,5,16H,3-4H2,(H2,15,18). The van der Waals surface area contributed by atoms with Gasteiger partial charge < -0.3 is 15.0 Å². The summed E-state index contributed by atoms with van der Waals surface area (Å²) in [4.78, 5) is 10.9. The summed E-state index contributed by atoms with van der Waals surface area (Å²) in [5, 5.41) is 7.76. The van der Waals surface area contributed by atoms with E-state index >= 15 is 0 Å². The Morgan fingerprint density at radius 1 is 1.45 bits per heavy atom. The number of nitrogens with zero attached hydrogens (tertiary/aromatic N) is 1. The van der Waals surface area contributed by atoms with Crippen molar-refractivity contribution in [3.63, 3.8) is 0 Å². The number of thiazole rings is 1. The minimum atomic E-state index is -4.75. The molecule has 0 saturated carbocycles. The van der Waals surface area contributed by atoms with Crippen molar-refractivity contribution in [1.29, 1.82) is 5.41 Å². The Balaban J connectivity index is 2.36. The molecule has 3 N–H and O–H groups in total. The van der Waals surface area contributed by atoms with E-state index in [-0.39, 0.29) is 23.5 Å². The largest absolute Gasteiger partial charge is 0.573 e. The molecular formula is C11H10F3N3O2S. The van der Waals surface area contributed by atoms with Gasteiger partial charge in [0.1, 0.15) is 5.75 Å². The highest BCUT2D eigenvalue weighted by Gasteiger charge is 2.31. The van der Waals surface area contributed by atoms with Gasteiger partial charge in [-0.1, -0.05) is 11.3 Å². The Hall–Kier alpha value is -2.03. The average molecular weight is 305 g/mol. The van der Waals surface area contributed by atoms with Crippen LogP contribution in [-0.4, -0.2) is 16.8 Å². The number of carbonyl (C=O) groups is 1. The van der Waals surface area contributed by atoms with Gasteiger partial charge >= 0.3 is 6.36 Å². The Morgan fingerprint density at radius 3 is 2.75 bits per heavy atom. The molecule has 9 heteroatoms. The predicted molar refractivity (Wildman–Crippen MR) is 66.2 cm³/mol. The van der Waals surface area contributed by atoms with Crippen LogP contribution in [0.25, 0.3) is 10.2 Å². The van der Waals surface area contributed by atoms with Gasteiger partial charge in [0.25, 0.3) is 0 Å². The second-order valence-electron chi connectivity index (χ2n) is 3.95. The molecule has 108 valence electrons. The number of amides is 1. The number of alkyl halides is 3. The second kappa shape index (κ2) is 5.16. The number of primary amides is 1. The van der Waals surface area contributed by atoms with Crippen molar-refractivity contribution in [2.75, 3.05) is 0 Å². The zero-order chi connectivity index (χ0) is 14.9. The van der Waals surface area contributed by atoms with Gasteiger partial charge in [-0.2, -0.15) is 0 Å². The summed E-state index contributed by atoms with van der Waals surface area (Å²) in [6, 6.07) is 3.81. The third-order valence-corrected chi connectivity index (χ3v) is 3.45. The zero-order valence-corrected chi connectivity index (χ0v) is 10.8. The molecule has 0 fully saturated rings. The summed E-state index contributed by atoms with van der Waals surface area (Å²) >= 11 is 1.00. The van der Waals surface area contributed by atoms with Gasteiger partial charge in [-0.25, -0.2) is 0 Å². The van der Waals surface area contributed by atoms with Gasteiger partial charge in [-0.3, -0.25) is 10.2 Å². The highest BCUT2D eigenvalue weighted by atomic mass is 32.1. The topological polar surface area (TPSA) is 81.1 Å². The number of rotatable bonds is 4. The molecule has 1 heterocycles. The molecule has 1 aromatic carbocycles. The maximum absolute atomic E-state index is 12.1. The highest BCUT2D eigenvalue weighted by Crippen LogP contribution is 2.27. The van der Waals surface area contributed by atoms with Crippen LogP contribution >= 0.6 is 11.3 Å². The van der Waals surface area contributed by atoms with Crippen LogP contribution in [0.5, 0.6) is 5.75 Å². The van der Waals surface area contributed by atoms with Gasteiger partial charge in [0.15, 0.2) is 4.80 Å². The number of hydrogen-bond acceptors (Lipinski definition) is 4. The first-order valence-corrected chi connectivity index (χ1v) is 6.30. The summed E-state index contributed by atoms with van der Waals surface area (Å²) in [6.45, 7) is 0.216. The van der Waals surface area contributed by atoms with Crippen LogP contribution < -0.4 is 15.3 Å². The summed E-state index contributed by atoms with van der Waals surface area (Å²) in [6.07, 6.45) is -4.69. The van der Waals surface area contributed by atoms with Crippen molar-refractivity contribution < 1.29 is 22.7 Å². The minimum absolute atomic E-state index is 0.0587. The van der Waals surface area contributed by atoms with E-state index in [1.807, 2.05) is 0 Å². The third-order valence-electron chi connectivity index (χ3n) is 2.49. The Labute approximate surface area is 114 Å². The first kappa shape index (κ1) is 14.4. The average Bonchev–Trinajstić information content (AvgIpc) is 2.59. The molecule has 0 atom stereocenters. The van der Waals surface area contributed by atoms with Crippen LogP contribution in [-0.2, 0) is 11.3 Å². The van der Waals surface area contributed by atoms with Crippen molar-refractivity contribution in [2.24, 2.45) is 5.73 Å². The SMILES string of the molecule is N=c1sc2cc(OC(F)(F)F)ccc2n1CCC(N)=O. The number of aryl methyl sites for hydroxylation is 1. The van der Waals surface area contributed by atoms with E-state index in [1.165, 1.54) is 22.8 Å². The highest BCUT2D eigenvalue weighted by molar-refractivity contribution is 7.16. The number of aromatic nitrogens is 1. The van der Waals surface area contributed by atoms with Crippen molar-refractivity contribution in [3.8, 4) is 5.75 Å². The Bertz CT molecular complexity index is 705. The minimum Gasteiger partial charge on any atom is -0.406 e. The van der Waals surface area contributed by atoms with E-state index < -0.39 is 12.3 Å². The summed E-state index contributed by atoms with van der Waals surface area (Å²) in [7, 11) is 0. The molecule has 1 aromatic heterocycles. The number of ether oxygens (including phenoxy) is 1. The fourth-order valence-corrected chi connectivity index (χ4v) is 2.67. The normalized spacial score (nSPS) is 11.8. The Morgan fingerprint density at radius 2 is 2.15 bits per heavy atom. The predicted octanol–water partition coefficient (Wildman–Crippen LogP) is 1.96. The molecular weight excluding hydrogens is 295 g/mol. The lowest BCUT2D eigenvalue weighted by Crippen LogP contribution is -2.19. The van der Waals surface area contributed by atoms with Gasteiger partial charge in [0.05, 0.1) is 10.2 Å². The number of hydrogen-bond donors (Lipinski definition) is 2. The van der Waals surface area contributed by atoms with Gasteiger partial charge in [0.2, 0.25) is 5.91 Å². The summed E-state index contributed by atoms with van der Waals surface area (Å²) in [5.41, 5.74) is 5.61. The number of halogens is 3. The smallest absolute Gasteiger partial charge is 0.406 e. The van der Waals surface area contributed by atoms with Crippen molar-refractivity contribution >= 4 is 27.5 Å². The molecule has 0 aliphatic heterocycles. The fraction of sp³-hybridized carbons (Fsp3) is 0.273. The molecule has 0 aliphatic carbocycles. The fourth-order valence-electron chi connectivity index (χ4n) is 1.71. The first-order valence-electron chi connectivity index (χ1n) is 5.48. The molecule has 2 rings (SSSR count). The van der Waals surface area contributed by atoms with Crippen molar-refractivity contribution in [3.05, 3.63) is 23.0 Å². The van der Waals surface area contributed by atoms with E-state index in [0.717, 1.165) is 11.3 Å². The molecule has 0 radical (unpaired) electrons. The molecule has 5 nitrogen and oxygen atoms in total. The number of fused-ring (bicyclic) bond motifs is 1. The lowest BCUT2D eigenvalue weighted by molar-refractivity contribution is -0.274. The monoisotopic (exact) mass is 305 g/mol. The quantitative estimate of drug-likeness (QED) is 0.905. The number of nitrogens with two attached hydrogens (primary N) is 1. The van der Waals surface area contributed by atoms with Crippen LogP contribution in [0.3, 0.4) is 0 Å². The molecule has 0 spiro atoms.